The van der Waals surface area contributed by atoms with E-state index in [9.17, 15) is 24.0 Å². The number of ether oxygens (including phenoxy) is 2. The number of hydrazine groups is 1. The summed E-state index contributed by atoms with van der Waals surface area (Å²) in [5.74, 6) is 5.11. The second kappa shape index (κ2) is 30.9. The van der Waals surface area contributed by atoms with Crippen molar-refractivity contribution in [3.63, 3.8) is 0 Å². The summed E-state index contributed by atoms with van der Waals surface area (Å²) in [5, 5.41) is 4.48. The maximum Gasteiger partial charge on any atom is 0.293 e. The Bertz CT molecular complexity index is 2450. The zero-order valence-electron chi connectivity index (χ0n) is 46.7. The van der Waals surface area contributed by atoms with Crippen LogP contribution in [0.1, 0.15) is 123 Å². The summed E-state index contributed by atoms with van der Waals surface area (Å²) in [6.45, 7) is 21.4. The van der Waals surface area contributed by atoms with Crippen molar-refractivity contribution in [2.45, 2.75) is 137 Å². The van der Waals surface area contributed by atoms with Crippen LogP contribution in [0, 0.1) is 28.6 Å². The Hall–Kier alpha value is -5.35. The second-order valence-electron chi connectivity index (χ2n) is 21.3. The lowest BCUT2D eigenvalue weighted by Gasteiger charge is -2.38. The van der Waals surface area contributed by atoms with Crippen molar-refractivity contribution in [1.29, 1.82) is 0 Å². The number of methoxy groups -OCH3 is 1. The van der Waals surface area contributed by atoms with Crippen LogP contribution in [0.2, 0.25) is 0 Å². The molecule has 3 aromatic heterocycles. The predicted molar refractivity (Wildman–Crippen MR) is 298 cm³/mol. The predicted octanol–water partition coefficient (Wildman–Crippen LogP) is 7.91. The first-order valence-electron chi connectivity index (χ1n) is 26.0. The molecule has 0 saturated carbocycles. The summed E-state index contributed by atoms with van der Waals surface area (Å²) in [5.41, 5.74) is 17.6. The number of aldehydes is 2. The van der Waals surface area contributed by atoms with Gasteiger partial charge in [-0.05, 0) is 162 Å². The van der Waals surface area contributed by atoms with E-state index in [4.69, 9.17) is 25.2 Å². The van der Waals surface area contributed by atoms with Gasteiger partial charge >= 0.3 is 0 Å². The van der Waals surface area contributed by atoms with Crippen molar-refractivity contribution in [2.75, 3.05) is 68.1 Å². The lowest BCUT2D eigenvalue weighted by atomic mass is 9.77. The van der Waals surface area contributed by atoms with Gasteiger partial charge in [-0.2, -0.15) is 0 Å². The van der Waals surface area contributed by atoms with Crippen molar-refractivity contribution in [2.24, 2.45) is 22.5 Å². The fraction of sp³-hybridized carbons (Fsp3) is 0.596. The number of carbonyl (C=O) groups excluding carboxylic acids is 5. The van der Waals surface area contributed by atoms with Gasteiger partial charge in [-0.1, -0.05) is 52.5 Å². The quantitative estimate of drug-likeness (QED) is 0.0226. The number of aromatic nitrogens is 3. The minimum Gasteiger partial charge on any atom is -0.467 e. The Kier molecular flexibility index (Phi) is 26.3. The third kappa shape index (κ3) is 18.8. The van der Waals surface area contributed by atoms with E-state index in [-0.39, 0.29) is 40.3 Å². The number of aryl methyl sites for hydroxylation is 2. The molecule has 2 atom stereocenters. The number of nitrogens with one attached hydrogen (secondary N) is 2. The molecule has 0 aliphatic carbocycles. The number of pyridine rings is 1. The Labute approximate surface area is 445 Å². The minimum atomic E-state index is -0.289. The summed E-state index contributed by atoms with van der Waals surface area (Å²) in [4.78, 5) is 70.3. The van der Waals surface area contributed by atoms with E-state index in [1.54, 1.807) is 18.4 Å². The summed E-state index contributed by atoms with van der Waals surface area (Å²) in [7, 11) is 9.57. The summed E-state index contributed by atoms with van der Waals surface area (Å²) in [6.07, 6.45) is 12.7. The second-order valence-corrected chi connectivity index (χ2v) is 22.2. The molecule has 1 aliphatic heterocycles. The van der Waals surface area contributed by atoms with Crippen LogP contribution in [-0.4, -0.2) is 140 Å². The molecule has 1 fully saturated rings. The molecule has 408 valence electrons. The maximum atomic E-state index is 11.5. The highest BCUT2D eigenvalue weighted by molar-refractivity contribution is 7.09. The number of hydrogen-bond donors (Lipinski definition) is 3. The Morgan fingerprint density at radius 3 is 2.32 bits per heavy atom. The number of amides is 2. The van der Waals surface area contributed by atoms with Crippen LogP contribution in [0.4, 0.5) is 0 Å². The molecule has 1 aliphatic rings. The van der Waals surface area contributed by atoms with Crippen LogP contribution < -0.4 is 16.6 Å². The van der Waals surface area contributed by atoms with E-state index >= 15 is 0 Å². The minimum absolute atomic E-state index is 0.172. The van der Waals surface area contributed by atoms with Crippen LogP contribution in [0.15, 0.2) is 41.9 Å². The average molecular weight is 1040 g/mol. The van der Waals surface area contributed by atoms with E-state index in [2.05, 4.69) is 89.6 Å². The third-order valence-corrected chi connectivity index (χ3v) is 15.0. The number of nitrogens with zero attached hydrogens (tertiary/aromatic N) is 6. The molecule has 16 nitrogen and oxygen atoms in total. The van der Waals surface area contributed by atoms with E-state index in [1.165, 1.54) is 10.9 Å². The van der Waals surface area contributed by atoms with Gasteiger partial charge in [0.1, 0.15) is 6.29 Å². The van der Waals surface area contributed by atoms with Crippen molar-refractivity contribution in [3.8, 4) is 34.4 Å². The number of unbranched alkanes of at least 4 members (excludes halogenated alkanes) is 3. The van der Waals surface area contributed by atoms with Gasteiger partial charge in [0.15, 0.2) is 6.29 Å². The molecule has 0 bridgehead atoms. The molecule has 2 amide bonds. The van der Waals surface area contributed by atoms with Crippen LogP contribution in [0.3, 0.4) is 0 Å². The number of hydrogen-bond acceptors (Lipinski definition) is 14. The number of likely N-dealkylation sites (N-methyl/N-ethyl adjacent to an activating group) is 1. The number of rotatable bonds is 27. The number of primary amides is 1. The fourth-order valence-electron chi connectivity index (χ4n) is 9.16. The van der Waals surface area contributed by atoms with Gasteiger partial charge < -0.3 is 29.5 Å². The monoisotopic (exact) mass is 1040 g/mol. The lowest BCUT2D eigenvalue weighted by Crippen LogP contribution is -2.48. The number of benzene rings is 1. The number of thiazole rings is 1. The van der Waals surface area contributed by atoms with Gasteiger partial charge in [-0.25, -0.2) is 10.4 Å². The molecule has 4 aromatic rings. The Morgan fingerprint density at radius 1 is 1.03 bits per heavy atom. The molecule has 1 saturated heterocycles. The lowest BCUT2D eigenvalue weighted by molar-refractivity contribution is -0.131. The van der Waals surface area contributed by atoms with Gasteiger partial charge in [0.05, 0.1) is 46.4 Å². The largest absolute Gasteiger partial charge is 0.467 e. The fourth-order valence-corrected chi connectivity index (χ4v) is 10.0. The zero-order chi connectivity index (χ0) is 55.1. The molecule has 0 radical (unpaired) electrons. The highest BCUT2D eigenvalue weighted by Crippen LogP contribution is 2.42. The van der Waals surface area contributed by atoms with Gasteiger partial charge in [0, 0.05) is 64.6 Å². The number of likely N-dealkylation sites (tertiary alicyclic amines) is 1. The molecule has 17 heteroatoms. The normalized spacial score (nSPS) is 14.5. The van der Waals surface area contributed by atoms with Gasteiger partial charge in [-0.15, -0.1) is 11.3 Å². The number of carbonyl (C=O) groups is 5. The van der Waals surface area contributed by atoms with Gasteiger partial charge in [-0.3, -0.25) is 39.4 Å². The highest BCUT2D eigenvalue weighted by atomic mass is 32.1. The highest BCUT2D eigenvalue weighted by Gasteiger charge is 2.35. The molecule has 4 N–H and O–H groups in total. The molecule has 74 heavy (non-hydrogen) atoms. The molecule has 4 heterocycles. The van der Waals surface area contributed by atoms with Crippen molar-refractivity contribution in [3.05, 3.63) is 58.2 Å². The topological polar surface area (TPSA) is 194 Å². The molecule has 1 aromatic carbocycles. The van der Waals surface area contributed by atoms with Crippen LogP contribution in [0.25, 0.3) is 33.4 Å². The average Bonchev–Trinajstić information content (AvgIpc) is 3.97. The van der Waals surface area contributed by atoms with Crippen molar-refractivity contribution < 1.29 is 33.4 Å². The molecule has 2 unspecified atom stereocenters. The SMILES string of the molecule is CC(C)C(C(N)=O)N(C)CCC1(C=O)CCN(C)CC1.CCn1c(-c2cccnc2C(C)OC)c(CC(C)(C)COC=O)c2cc(-c3csc(CCCCCCNNC=O)n3)ccc21.CN(C)C(C)(C)C#CC=O. The summed E-state index contributed by atoms with van der Waals surface area (Å²) < 4.78 is 13.4. The Balaban J connectivity index is 0.000000395. The maximum absolute atomic E-state index is 11.5. The van der Waals surface area contributed by atoms with Crippen molar-refractivity contribution in [1.82, 2.24) is 40.1 Å². The zero-order valence-corrected chi connectivity index (χ0v) is 47.5. The summed E-state index contributed by atoms with van der Waals surface area (Å²) >= 11 is 1.72. The molecular formula is C57H87N9O7S. The first-order chi connectivity index (χ1) is 35.1. The first kappa shape index (κ1) is 62.9. The Morgan fingerprint density at radius 2 is 1.73 bits per heavy atom. The van der Waals surface area contributed by atoms with Crippen LogP contribution in [0.5, 0.6) is 0 Å². The number of nitrogens with two attached hydrogens (primary N) is 1. The van der Waals surface area contributed by atoms with Gasteiger partial charge in [0.25, 0.3) is 6.47 Å². The first-order valence-corrected chi connectivity index (χ1v) is 26.9. The van der Waals surface area contributed by atoms with Crippen LogP contribution in [-0.2, 0) is 52.8 Å². The molecular weight excluding hydrogens is 955 g/mol. The molecule has 5 rings (SSSR count). The number of fused-ring (bicyclic) bond motifs is 1. The van der Waals surface area contributed by atoms with Crippen molar-refractivity contribution >= 4 is 53.6 Å². The standard InChI is InChI=1S/C34H45N5O4S.C15H29N3O2.C8H13NO/c1-6-39-30-15-14-25(29-20-44-31(38-29)13-9-7-8-10-17-36-37-22-40)18-27(30)28(19-34(3,4)21-43-23-41)33(39)26-12-11-16-35-32(26)24(2)42-5;1-12(2)13(14(16)20)18(4)10-7-15(11-19)5-8-17(3)9-6-15;1-8(2,9(3)4)6-5-7-10/h11-12,14-16,18,20,22-24,36H,6-10,13,17,19,21H2,1-5H3,(H,37,40);11-13H,5-10H2,1-4H3,(H2,16,20);7H,1-4H3. The number of piperidine rings is 1. The summed E-state index contributed by atoms with van der Waals surface area (Å²) in [6, 6.07) is 10.5. The smallest absolute Gasteiger partial charge is 0.293 e. The molecule has 0 spiro atoms. The van der Waals surface area contributed by atoms with E-state index in [1.807, 2.05) is 77.8 Å². The van der Waals surface area contributed by atoms with E-state index in [0.717, 1.165) is 129 Å². The van der Waals surface area contributed by atoms with Gasteiger partial charge in [0.2, 0.25) is 12.3 Å². The third-order valence-electron chi connectivity index (χ3n) is 14.1. The van der Waals surface area contributed by atoms with E-state index in [0.29, 0.717) is 32.2 Å². The van der Waals surface area contributed by atoms with Crippen LogP contribution >= 0.6 is 11.3 Å². The van der Waals surface area contributed by atoms with E-state index < -0.39 is 0 Å².